The van der Waals surface area contributed by atoms with Gasteiger partial charge in [0.25, 0.3) is 0 Å². The first-order valence-corrected chi connectivity index (χ1v) is 11.7. The third-order valence-electron chi connectivity index (χ3n) is 6.31. The number of benzene rings is 1. The zero-order valence-corrected chi connectivity index (χ0v) is 17.8. The Hall–Kier alpha value is -1.86. The zero-order valence-electron chi connectivity index (χ0n) is 17.0. The third kappa shape index (κ3) is 4.51. The van der Waals surface area contributed by atoms with Crippen LogP contribution in [0.4, 0.5) is 5.69 Å². The highest BCUT2D eigenvalue weighted by Gasteiger charge is 2.48. The van der Waals surface area contributed by atoms with Crippen molar-refractivity contribution in [3.8, 4) is 0 Å². The zero-order chi connectivity index (χ0) is 20.4. The highest BCUT2D eigenvalue weighted by atomic mass is 32.2. The standard InChI is InChI=1S/C22H29N3O3S/c1-15-12-16(13-24-8-10-29-11-9-24)6-7-19(15)23-20(26)14-25-21(27)17-4-2-3-5-18(17)22(25)28/h6-7,12,17-18H,2-5,8-11,13-14H2,1H3,(H,23,26). The summed E-state index contributed by atoms with van der Waals surface area (Å²) in [5.41, 5.74) is 2.97. The van der Waals surface area contributed by atoms with Crippen LogP contribution in [0.1, 0.15) is 36.8 Å². The molecule has 1 N–H and O–H groups in total. The van der Waals surface area contributed by atoms with E-state index in [1.54, 1.807) is 0 Å². The van der Waals surface area contributed by atoms with Crippen LogP contribution in [0.25, 0.3) is 0 Å². The van der Waals surface area contributed by atoms with Crippen molar-refractivity contribution in [2.24, 2.45) is 11.8 Å². The van der Waals surface area contributed by atoms with Gasteiger partial charge in [0, 0.05) is 36.8 Å². The Kier molecular flexibility index (Phi) is 6.25. The molecule has 156 valence electrons. The number of nitrogens with one attached hydrogen (secondary N) is 1. The number of fused-ring (bicyclic) bond motifs is 1. The molecule has 3 fully saturated rings. The fourth-order valence-corrected chi connectivity index (χ4v) is 5.68. The van der Waals surface area contributed by atoms with Gasteiger partial charge in [-0.2, -0.15) is 11.8 Å². The van der Waals surface area contributed by atoms with E-state index >= 15 is 0 Å². The average Bonchev–Trinajstić information content (AvgIpc) is 2.96. The summed E-state index contributed by atoms with van der Waals surface area (Å²) in [6.45, 7) is 4.95. The normalized spacial score (nSPS) is 25.2. The van der Waals surface area contributed by atoms with Gasteiger partial charge in [0.05, 0.1) is 11.8 Å². The molecule has 1 saturated carbocycles. The fraction of sp³-hybridized carbons (Fsp3) is 0.591. The van der Waals surface area contributed by atoms with E-state index in [-0.39, 0.29) is 36.1 Å². The summed E-state index contributed by atoms with van der Waals surface area (Å²) in [4.78, 5) is 41.3. The van der Waals surface area contributed by atoms with Crippen molar-refractivity contribution in [2.75, 3.05) is 36.5 Å². The van der Waals surface area contributed by atoms with Crippen LogP contribution in [-0.4, -0.2) is 58.7 Å². The lowest BCUT2D eigenvalue weighted by atomic mass is 9.81. The lowest BCUT2D eigenvalue weighted by Crippen LogP contribution is -2.38. The number of rotatable bonds is 5. The van der Waals surface area contributed by atoms with E-state index in [1.165, 1.54) is 22.0 Å². The Labute approximate surface area is 176 Å². The van der Waals surface area contributed by atoms with Crippen molar-refractivity contribution < 1.29 is 14.4 Å². The molecule has 3 amide bonds. The molecule has 2 saturated heterocycles. The Morgan fingerprint density at radius 3 is 2.38 bits per heavy atom. The summed E-state index contributed by atoms with van der Waals surface area (Å²) < 4.78 is 0. The number of amides is 3. The van der Waals surface area contributed by atoms with Crippen molar-refractivity contribution >= 4 is 35.2 Å². The van der Waals surface area contributed by atoms with E-state index in [9.17, 15) is 14.4 Å². The van der Waals surface area contributed by atoms with Crippen LogP contribution >= 0.6 is 11.8 Å². The highest BCUT2D eigenvalue weighted by molar-refractivity contribution is 7.99. The summed E-state index contributed by atoms with van der Waals surface area (Å²) in [7, 11) is 0. The van der Waals surface area contributed by atoms with Gasteiger partial charge in [0.1, 0.15) is 6.54 Å². The molecule has 6 nitrogen and oxygen atoms in total. The maximum Gasteiger partial charge on any atom is 0.244 e. The number of hydrogen-bond donors (Lipinski definition) is 1. The first kappa shape index (κ1) is 20.4. The molecule has 0 aromatic heterocycles. The lowest BCUT2D eigenvalue weighted by molar-refractivity contribution is -0.142. The molecule has 0 radical (unpaired) electrons. The Bertz CT molecular complexity index is 782. The van der Waals surface area contributed by atoms with E-state index in [0.29, 0.717) is 0 Å². The van der Waals surface area contributed by atoms with Crippen LogP contribution < -0.4 is 5.32 Å². The minimum atomic E-state index is -0.311. The maximum absolute atomic E-state index is 12.6. The number of hydrogen-bond acceptors (Lipinski definition) is 5. The van der Waals surface area contributed by atoms with Gasteiger partial charge in [-0.1, -0.05) is 25.0 Å². The average molecular weight is 416 g/mol. The molecule has 2 atom stereocenters. The third-order valence-corrected chi connectivity index (χ3v) is 7.25. The van der Waals surface area contributed by atoms with Gasteiger partial charge in [0.2, 0.25) is 17.7 Å². The number of imide groups is 1. The van der Waals surface area contributed by atoms with E-state index in [2.05, 4.69) is 16.3 Å². The topological polar surface area (TPSA) is 69.7 Å². The fourth-order valence-electron chi connectivity index (χ4n) is 4.70. The first-order chi connectivity index (χ1) is 14.0. The van der Waals surface area contributed by atoms with Crippen LogP contribution in [0.3, 0.4) is 0 Å². The highest BCUT2D eigenvalue weighted by Crippen LogP contribution is 2.37. The molecule has 3 aliphatic rings. The number of anilines is 1. The van der Waals surface area contributed by atoms with Gasteiger partial charge in [-0.15, -0.1) is 0 Å². The Morgan fingerprint density at radius 2 is 1.76 bits per heavy atom. The molecule has 29 heavy (non-hydrogen) atoms. The molecule has 7 heteroatoms. The van der Waals surface area contributed by atoms with Crippen molar-refractivity contribution in [3.05, 3.63) is 29.3 Å². The van der Waals surface area contributed by atoms with E-state index in [4.69, 9.17) is 0 Å². The molecule has 2 heterocycles. The molecular weight excluding hydrogens is 386 g/mol. The second-order valence-corrected chi connectivity index (χ2v) is 9.57. The number of likely N-dealkylation sites (tertiary alicyclic amines) is 1. The van der Waals surface area contributed by atoms with Gasteiger partial charge < -0.3 is 5.32 Å². The van der Waals surface area contributed by atoms with Crippen LogP contribution in [0, 0.1) is 18.8 Å². The summed E-state index contributed by atoms with van der Waals surface area (Å²) in [5, 5.41) is 2.89. The summed E-state index contributed by atoms with van der Waals surface area (Å²) in [5.74, 6) is 1.31. The SMILES string of the molecule is Cc1cc(CN2CCSCC2)ccc1NC(=O)CN1C(=O)C2CCCCC2C1=O. The molecule has 0 spiro atoms. The van der Waals surface area contributed by atoms with Crippen molar-refractivity contribution in [2.45, 2.75) is 39.2 Å². The molecule has 4 rings (SSSR count). The lowest BCUT2D eigenvalue weighted by Gasteiger charge is -2.26. The Balaban J connectivity index is 1.35. The van der Waals surface area contributed by atoms with Crippen molar-refractivity contribution in [3.63, 3.8) is 0 Å². The molecule has 2 aliphatic heterocycles. The molecule has 2 unspecified atom stereocenters. The number of carbonyl (C=O) groups excluding carboxylic acids is 3. The second-order valence-electron chi connectivity index (χ2n) is 8.35. The molecular formula is C22H29N3O3S. The number of nitrogens with zero attached hydrogens (tertiary/aromatic N) is 2. The van der Waals surface area contributed by atoms with Crippen molar-refractivity contribution in [1.29, 1.82) is 0 Å². The predicted octanol–water partition coefficient (Wildman–Crippen LogP) is 2.66. The quantitative estimate of drug-likeness (QED) is 0.749. The van der Waals surface area contributed by atoms with Gasteiger partial charge in [-0.05, 0) is 37.0 Å². The largest absolute Gasteiger partial charge is 0.324 e. The van der Waals surface area contributed by atoms with Crippen LogP contribution in [0.5, 0.6) is 0 Å². The van der Waals surface area contributed by atoms with E-state index in [1.807, 2.05) is 30.8 Å². The second kappa shape index (κ2) is 8.88. The molecule has 0 bridgehead atoms. The van der Waals surface area contributed by atoms with Crippen LogP contribution in [0.2, 0.25) is 0 Å². The van der Waals surface area contributed by atoms with E-state index < -0.39 is 0 Å². The van der Waals surface area contributed by atoms with Gasteiger partial charge in [0.15, 0.2) is 0 Å². The van der Waals surface area contributed by atoms with Gasteiger partial charge >= 0.3 is 0 Å². The maximum atomic E-state index is 12.6. The predicted molar refractivity (Wildman–Crippen MR) is 115 cm³/mol. The van der Waals surface area contributed by atoms with Gasteiger partial charge in [-0.25, -0.2) is 0 Å². The number of carbonyl (C=O) groups is 3. The number of thioether (sulfide) groups is 1. The monoisotopic (exact) mass is 415 g/mol. The summed E-state index contributed by atoms with van der Waals surface area (Å²) in [6.07, 6.45) is 3.51. The van der Waals surface area contributed by atoms with E-state index in [0.717, 1.165) is 56.6 Å². The number of aryl methyl sites for hydroxylation is 1. The molecule has 1 aliphatic carbocycles. The molecule has 1 aromatic carbocycles. The summed E-state index contributed by atoms with van der Waals surface area (Å²) >= 11 is 2.00. The Morgan fingerprint density at radius 1 is 1.10 bits per heavy atom. The van der Waals surface area contributed by atoms with Crippen LogP contribution in [0.15, 0.2) is 18.2 Å². The smallest absolute Gasteiger partial charge is 0.244 e. The van der Waals surface area contributed by atoms with Crippen LogP contribution in [-0.2, 0) is 20.9 Å². The van der Waals surface area contributed by atoms with Crippen molar-refractivity contribution in [1.82, 2.24) is 9.80 Å². The minimum absolute atomic E-state index is 0.165. The van der Waals surface area contributed by atoms with Gasteiger partial charge in [-0.3, -0.25) is 24.2 Å². The first-order valence-electron chi connectivity index (χ1n) is 10.6. The molecule has 1 aromatic rings. The minimum Gasteiger partial charge on any atom is -0.324 e. The summed E-state index contributed by atoms with van der Waals surface area (Å²) in [6, 6.07) is 6.08.